The Kier molecular flexibility index (Phi) is 7.83. The van der Waals surface area contributed by atoms with E-state index >= 15 is 0 Å². The van der Waals surface area contributed by atoms with Gasteiger partial charge in [-0.15, -0.1) is 0 Å². The molecule has 0 bridgehead atoms. The number of carbonyl (C=O) groups excluding carboxylic acids is 2. The van der Waals surface area contributed by atoms with Gasteiger partial charge in [-0.2, -0.15) is 5.10 Å². The van der Waals surface area contributed by atoms with E-state index in [1.165, 1.54) is 32.1 Å². The van der Waals surface area contributed by atoms with E-state index in [9.17, 15) is 9.59 Å². The minimum atomic E-state index is -0.0777. The molecule has 1 unspecified atom stereocenters. The molecule has 1 atom stereocenters. The number of pyridine rings is 1. The van der Waals surface area contributed by atoms with E-state index in [4.69, 9.17) is 0 Å². The number of anilines is 1. The average molecular weight is 455 g/mol. The number of nitrogens with one attached hydrogen (secondary N) is 2. The summed E-state index contributed by atoms with van der Waals surface area (Å²) in [5.74, 6) is 0.216. The number of amides is 2. The Hall–Kier alpha value is -2.64. The molecular weight excluding hydrogens is 416 g/mol. The van der Waals surface area contributed by atoms with Crippen LogP contribution in [0.25, 0.3) is 11.0 Å². The van der Waals surface area contributed by atoms with Crippen LogP contribution < -0.4 is 5.32 Å². The molecule has 2 aliphatic rings. The number of likely N-dealkylation sites (tertiary alicyclic amines) is 1. The molecule has 33 heavy (non-hydrogen) atoms. The first kappa shape index (κ1) is 23.5. The fourth-order valence-electron chi connectivity index (χ4n) is 5.37. The van der Waals surface area contributed by atoms with Gasteiger partial charge in [0.05, 0.1) is 11.3 Å². The average Bonchev–Trinajstić information content (AvgIpc) is 3.28. The van der Waals surface area contributed by atoms with Crippen molar-refractivity contribution < 1.29 is 9.59 Å². The molecule has 1 aliphatic heterocycles. The minimum Gasteiger partial charge on any atom is -0.382 e. The van der Waals surface area contributed by atoms with Crippen molar-refractivity contribution in [3.8, 4) is 0 Å². The number of hydrogen-bond acceptors (Lipinski definition) is 5. The summed E-state index contributed by atoms with van der Waals surface area (Å²) in [5, 5.41) is 12.2. The van der Waals surface area contributed by atoms with Crippen molar-refractivity contribution in [1.29, 1.82) is 0 Å². The lowest BCUT2D eigenvalue weighted by Gasteiger charge is -2.34. The normalized spacial score (nSPS) is 19.6. The molecule has 4 rings (SSSR count). The second kappa shape index (κ2) is 11.0. The highest BCUT2D eigenvalue weighted by Crippen LogP contribution is 2.29. The Labute approximate surface area is 196 Å². The molecule has 0 radical (unpaired) electrons. The lowest BCUT2D eigenvalue weighted by molar-refractivity contribution is -0.140. The molecule has 2 aromatic rings. The number of carbonyl (C=O) groups is 2. The smallest absolute Gasteiger partial charge is 0.227 e. The van der Waals surface area contributed by atoms with E-state index in [1.54, 1.807) is 6.20 Å². The Morgan fingerprint density at radius 3 is 2.70 bits per heavy atom. The maximum absolute atomic E-state index is 13.0. The summed E-state index contributed by atoms with van der Waals surface area (Å²) in [7, 11) is 0. The van der Waals surface area contributed by atoms with Crippen molar-refractivity contribution in [2.24, 2.45) is 5.92 Å². The number of fused-ring (bicyclic) bond motifs is 1. The molecule has 0 spiro atoms. The first-order valence-electron chi connectivity index (χ1n) is 12.8. The van der Waals surface area contributed by atoms with Crippen LogP contribution in [0.2, 0.25) is 0 Å². The standard InChI is InChI=1S/C25H38N6O2/c1-3-30(4-2)25(33)18-9-8-16-31(17-18)22(32)13-12-21-23-20(14-15-26-24(23)29-28-21)27-19-10-6-5-7-11-19/h14-15,18-19H,3-13,16-17H2,1-2H3,(H2,26,27,28,29). The third-order valence-corrected chi connectivity index (χ3v) is 7.28. The van der Waals surface area contributed by atoms with Crippen molar-refractivity contribution in [2.75, 3.05) is 31.5 Å². The fourth-order valence-corrected chi connectivity index (χ4v) is 5.37. The van der Waals surface area contributed by atoms with Gasteiger partial charge in [0, 0.05) is 56.2 Å². The van der Waals surface area contributed by atoms with Crippen LogP contribution in [0.1, 0.15) is 70.9 Å². The van der Waals surface area contributed by atoms with Gasteiger partial charge in [0.25, 0.3) is 0 Å². The largest absolute Gasteiger partial charge is 0.382 e. The highest BCUT2D eigenvalue weighted by Gasteiger charge is 2.30. The number of aromatic nitrogens is 3. The Morgan fingerprint density at radius 2 is 1.94 bits per heavy atom. The number of rotatable bonds is 8. The zero-order valence-electron chi connectivity index (χ0n) is 20.1. The summed E-state index contributed by atoms with van der Waals surface area (Å²) in [5.41, 5.74) is 2.71. The molecule has 1 saturated heterocycles. The highest BCUT2D eigenvalue weighted by atomic mass is 16.2. The molecule has 2 N–H and O–H groups in total. The van der Waals surface area contributed by atoms with Crippen LogP contribution in [0.5, 0.6) is 0 Å². The first-order valence-corrected chi connectivity index (χ1v) is 12.8. The van der Waals surface area contributed by atoms with Crippen LogP contribution in [-0.2, 0) is 16.0 Å². The van der Waals surface area contributed by atoms with Gasteiger partial charge in [-0.3, -0.25) is 14.7 Å². The molecule has 3 heterocycles. The van der Waals surface area contributed by atoms with Crippen molar-refractivity contribution in [1.82, 2.24) is 25.0 Å². The summed E-state index contributed by atoms with van der Waals surface area (Å²) >= 11 is 0. The SMILES string of the molecule is CCN(CC)C(=O)C1CCCN(C(=O)CCc2[nH]nc3nccc(NC4CCCCC4)c23)C1. The van der Waals surface area contributed by atoms with Gasteiger partial charge in [-0.1, -0.05) is 19.3 Å². The van der Waals surface area contributed by atoms with Crippen LogP contribution in [0, 0.1) is 5.92 Å². The quantitative estimate of drug-likeness (QED) is 0.634. The molecule has 180 valence electrons. The number of piperidine rings is 1. The number of H-pyrrole nitrogens is 1. The third kappa shape index (κ3) is 5.47. The molecule has 2 amide bonds. The van der Waals surface area contributed by atoms with E-state index in [0.717, 1.165) is 49.2 Å². The topological polar surface area (TPSA) is 94.2 Å². The maximum atomic E-state index is 13.0. The van der Waals surface area contributed by atoms with Gasteiger partial charge >= 0.3 is 0 Å². The molecule has 0 aromatic carbocycles. The van der Waals surface area contributed by atoms with Crippen LogP contribution in [0.3, 0.4) is 0 Å². The Bertz CT molecular complexity index is 948. The van der Waals surface area contributed by atoms with Gasteiger partial charge in [-0.05, 0) is 52.0 Å². The zero-order chi connectivity index (χ0) is 23.2. The predicted octanol–water partition coefficient (Wildman–Crippen LogP) is 3.74. The lowest BCUT2D eigenvalue weighted by atomic mass is 9.95. The third-order valence-electron chi connectivity index (χ3n) is 7.28. The van der Waals surface area contributed by atoms with Gasteiger partial charge in [-0.25, -0.2) is 4.98 Å². The molecule has 8 heteroatoms. The second-order valence-electron chi connectivity index (χ2n) is 9.43. The van der Waals surface area contributed by atoms with Gasteiger partial charge in [0.15, 0.2) is 5.65 Å². The monoisotopic (exact) mass is 454 g/mol. The van der Waals surface area contributed by atoms with Crippen molar-refractivity contribution in [2.45, 2.75) is 77.7 Å². The second-order valence-corrected chi connectivity index (χ2v) is 9.43. The highest BCUT2D eigenvalue weighted by molar-refractivity contribution is 5.91. The van der Waals surface area contributed by atoms with Crippen molar-refractivity contribution >= 4 is 28.5 Å². The molecule has 1 saturated carbocycles. The first-order chi connectivity index (χ1) is 16.1. The minimum absolute atomic E-state index is 0.0777. The number of nitrogens with zero attached hydrogens (tertiary/aromatic N) is 4. The summed E-state index contributed by atoms with van der Waals surface area (Å²) in [4.78, 5) is 34.0. The lowest BCUT2D eigenvalue weighted by Crippen LogP contribution is -2.46. The van der Waals surface area contributed by atoms with E-state index in [2.05, 4.69) is 20.5 Å². The molecule has 1 aliphatic carbocycles. The maximum Gasteiger partial charge on any atom is 0.227 e. The molecule has 2 aromatic heterocycles. The van der Waals surface area contributed by atoms with E-state index in [-0.39, 0.29) is 17.7 Å². The predicted molar refractivity (Wildman–Crippen MR) is 130 cm³/mol. The summed E-state index contributed by atoms with van der Waals surface area (Å²) in [6.07, 6.45) is 10.8. The van der Waals surface area contributed by atoms with Crippen molar-refractivity contribution in [3.63, 3.8) is 0 Å². The van der Waals surface area contributed by atoms with E-state index in [0.29, 0.717) is 31.1 Å². The van der Waals surface area contributed by atoms with Crippen LogP contribution in [0.15, 0.2) is 12.3 Å². The Morgan fingerprint density at radius 1 is 1.15 bits per heavy atom. The van der Waals surface area contributed by atoms with Gasteiger partial charge < -0.3 is 15.1 Å². The van der Waals surface area contributed by atoms with Gasteiger partial charge in [0.2, 0.25) is 11.8 Å². The summed E-state index contributed by atoms with van der Waals surface area (Å²) in [6.45, 7) is 6.73. The number of hydrogen-bond donors (Lipinski definition) is 2. The summed E-state index contributed by atoms with van der Waals surface area (Å²) in [6, 6.07) is 2.51. The molecule has 2 fully saturated rings. The van der Waals surface area contributed by atoms with Crippen LogP contribution >= 0.6 is 0 Å². The number of aryl methyl sites for hydroxylation is 1. The van der Waals surface area contributed by atoms with Crippen molar-refractivity contribution in [3.05, 3.63) is 18.0 Å². The van der Waals surface area contributed by atoms with Crippen LogP contribution in [-0.4, -0.2) is 69.0 Å². The molecule has 8 nitrogen and oxygen atoms in total. The molecular formula is C25H38N6O2. The Balaban J connectivity index is 1.40. The van der Waals surface area contributed by atoms with Crippen LogP contribution in [0.4, 0.5) is 5.69 Å². The van der Waals surface area contributed by atoms with E-state index in [1.807, 2.05) is 29.7 Å². The zero-order valence-corrected chi connectivity index (χ0v) is 20.1. The van der Waals surface area contributed by atoms with Gasteiger partial charge in [0.1, 0.15) is 0 Å². The summed E-state index contributed by atoms with van der Waals surface area (Å²) < 4.78 is 0. The van der Waals surface area contributed by atoms with E-state index < -0.39 is 0 Å². The number of aromatic amines is 1. The fraction of sp³-hybridized carbons (Fsp3) is 0.680.